The number of carbonyl (C=O) groups is 1. The number of rotatable bonds is 3. The van der Waals surface area contributed by atoms with E-state index in [9.17, 15) is 4.79 Å². The van der Waals surface area contributed by atoms with Crippen LogP contribution < -0.4 is 0 Å². The molecule has 0 aliphatic heterocycles. The summed E-state index contributed by atoms with van der Waals surface area (Å²) in [6, 6.07) is 0. The third-order valence-corrected chi connectivity index (χ3v) is 3.30. The first kappa shape index (κ1) is 10.5. The van der Waals surface area contributed by atoms with Gasteiger partial charge < -0.3 is 5.11 Å². The molecular formula is C10H11BrN2O2. The highest BCUT2D eigenvalue weighted by atomic mass is 79.9. The highest BCUT2D eigenvalue weighted by Crippen LogP contribution is 2.44. The van der Waals surface area contributed by atoms with E-state index in [1.807, 2.05) is 0 Å². The summed E-state index contributed by atoms with van der Waals surface area (Å²) in [6.07, 6.45) is 6.29. The van der Waals surface area contributed by atoms with Crippen LogP contribution in [0.25, 0.3) is 0 Å². The minimum Gasteiger partial charge on any atom is -0.481 e. The number of carboxylic acids is 1. The van der Waals surface area contributed by atoms with Gasteiger partial charge in [-0.1, -0.05) is 6.42 Å². The van der Waals surface area contributed by atoms with Crippen LogP contribution in [-0.4, -0.2) is 21.0 Å². The molecule has 0 amide bonds. The maximum absolute atomic E-state index is 10.8. The zero-order chi connectivity index (χ0) is 10.9. The molecule has 1 fully saturated rings. The first-order valence-corrected chi connectivity index (χ1v) is 5.61. The van der Waals surface area contributed by atoms with Crippen molar-refractivity contribution in [2.45, 2.75) is 31.1 Å². The molecule has 0 bridgehead atoms. The van der Waals surface area contributed by atoms with Crippen molar-refractivity contribution in [1.82, 2.24) is 9.97 Å². The number of nitrogens with zero attached hydrogens (tertiary/aromatic N) is 2. The summed E-state index contributed by atoms with van der Waals surface area (Å²) in [5.74, 6) is -0.111. The Morgan fingerprint density at radius 1 is 1.47 bits per heavy atom. The van der Waals surface area contributed by atoms with Crippen LogP contribution >= 0.6 is 15.9 Å². The third kappa shape index (κ3) is 2.02. The summed E-state index contributed by atoms with van der Waals surface area (Å²) in [5, 5.41) is 8.87. The highest BCUT2D eigenvalue weighted by molar-refractivity contribution is 9.10. The zero-order valence-electron chi connectivity index (χ0n) is 8.11. The standard InChI is InChI=1S/C10H11BrN2O2/c11-7-5-12-9(13-6-7)10(2-1-3-10)4-8(14)15/h5-6H,1-4H2,(H,14,15). The largest absolute Gasteiger partial charge is 0.481 e. The summed E-state index contributed by atoms with van der Waals surface area (Å²) in [5.41, 5.74) is -0.313. The molecule has 1 aromatic heterocycles. The molecule has 4 nitrogen and oxygen atoms in total. The van der Waals surface area contributed by atoms with Crippen LogP contribution in [0.2, 0.25) is 0 Å². The van der Waals surface area contributed by atoms with Gasteiger partial charge in [-0.3, -0.25) is 4.79 Å². The van der Waals surface area contributed by atoms with Crippen LogP contribution in [0.3, 0.4) is 0 Å². The second kappa shape index (κ2) is 3.89. The fourth-order valence-corrected chi connectivity index (χ4v) is 2.16. The first-order chi connectivity index (χ1) is 7.12. The SMILES string of the molecule is O=C(O)CC1(c2ncc(Br)cn2)CCC1. The highest BCUT2D eigenvalue weighted by Gasteiger charge is 2.43. The molecule has 0 spiro atoms. The monoisotopic (exact) mass is 270 g/mol. The van der Waals surface area contributed by atoms with Crippen molar-refractivity contribution < 1.29 is 9.90 Å². The van der Waals surface area contributed by atoms with E-state index in [1.165, 1.54) is 0 Å². The van der Waals surface area contributed by atoms with E-state index in [0.29, 0.717) is 5.82 Å². The van der Waals surface area contributed by atoms with E-state index in [0.717, 1.165) is 23.7 Å². The fraction of sp³-hybridized carbons (Fsp3) is 0.500. The van der Waals surface area contributed by atoms with E-state index in [2.05, 4.69) is 25.9 Å². The van der Waals surface area contributed by atoms with Gasteiger partial charge in [0.1, 0.15) is 5.82 Å². The molecule has 0 atom stereocenters. The van der Waals surface area contributed by atoms with Gasteiger partial charge in [-0.05, 0) is 28.8 Å². The minimum absolute atomic E-state index is 0.134. The topological polar surface area (TPSA) is 63.1 Å². The van der Waals surface area contributed by atoms with Crippen LogP contribution in [0.15, 0.2) is 16.9 Å². The number of aromatic nitrogens is 2. The van der Waals surface area contributed by atoms with E-state index in [1.54, 1.807) is 12.4 Å². The third-order valence-electron chi connectivity index (χ3n) is 2.89. The molecule has 1 N–H and O–H groups in total. The van der Waals surface area contributed by atoms with Crippen molar-refractivity contribution in [3.8, 4) is 0 Å². The molecule has 2 rings (SSSR count). The summed E-state index contributed by atoms with van der Waals surface area (Å²) in [6.45, 7) is 0. The van der Waals surface area contributed by atoms with Gasteiger partial charge in [-0.25, -0.2) is 9.97 Å². The minimum atomic E-state index is -0.777. The summed E-state index contributed by atoms with van der Waals surface area (Å²) in [7, 11) is 0. The lowest BCUT2D eigenvalue weighted by molar-refractivity contribution is -0.139. The van der Waals surface area contributed by atoms with Gasteiger partial charge in [0.15, 0.2) is 0 Å². The Labute approximate surface area is 95.9 Å². The van der Waals surface area contributed by atoms with Crippen molar-refractivity contribution in [2.75, 3.05) is 0 Å². The van der Waals surface area contributed by atoms with Crippen molar-refractivity contribution in [2.24, 2.45) is 0 Å². The fourth-order valence-electron chi connectivity index (χ4n) is 1.96. The molecule has 1 aliphatic carbocycles. The Kier molecular flexibility index (Phi) is 2.73. The van der Waals surface area contributed by atoms with Gasteiger partial charge in [0.05, 0.1) is 10.9 Å². The molecule has 0 saturated heterocycles. The second-order valence-electron chi connectivity index (χ2n) is 3.93. The maximum Gasteiger partial charge on any atom is 0.304 e. The van der Waals surface area contributed by atoms with Gasteiger partial charge in [-0.2, -0.15) is 0 Å². The van der Waals surface area contributed by atoms with Crippen LogP contribution in [0.5, 0.6) is 0 Å². The second-order valence-corrected chi connectivity index (χ2v) is 4.84. The van der Waals surface area contributed by atoms with Gasteiger partial charge in [0, 0.05) is 17.8 Å². The van der Waals surface area contributed by atoms with Crippen LogP contribution in [0.4, 0.5) is 0 Å². The molecule has 0 unspecified atom stereocenters. The zero-order valence-corrected chi connectivity index (χ0v) is 9.70. The van der Waals surface area contributed by atoms with Crippen LogP contribution in [-0.2, 0) is 10.2 Å². The molecule has 1 saturated carbocycles. The molecule has 5 heteroatoms. The Morgan fingerprint density at radius 2 is 2.07 bits per heavy atom. The predicted molar refractivity (Wildman–Crippen MR) is 57.5 cm³/mol. The van der Waals surface area contributed by atoms with E-state index in [-0.39, 0.29) is 11.8 Å². The number of halogens is 1. The van der Waals surface area contributed by atoms with Crippen molar-refractivity contribution in [3.63, 3.8) is 0 Å². The molecular weight excluding hydrogens is 260 g/mol. The number of carboxylic acid groups (broad SMARTS) is 1. The van der Waals surface area contributed by atoms with Crippen molar-refractivity contribution in [3.05, 3.63) is 22.7 Å². The van der Waals surface area contributed by atoms with Gasteiger partial charge in [-0.15, -0.1) is 0 Å². The number of hydrogen-bond acceptors (Lipinski definition) is 3. The summed E-state index contributed by atoms with van der Waals surface area (Å²) < 4.78 is 0.816. The summed E-state index contributed by atoms with van der Waals surface area (Å²) >= 11 is 3.26. The first-order valence-electron chi connectivity index (χ1n) is 4.82. The van der Waals surface area contributed by atoms with Crippen molar-refractivity contribution >= 4 is 21.9 Å². The molecule has 0 radical (unpaired) electrons. The average molecular weight is 271 g/mol. The van der Waals surface area contributed by atoms with Gasteiger partial charge >= 0.3 is 5.97 Å². The molecule has 80 valence electrons. The quantitative estimate of drug-likeness (QED) is 0.914. The molecule has 1 aromatic rings. The Morgan fingerprint density at radius 3 is 2.47 bits per heavy atom. The molecule has 1 heterocycles. The summed E-state index contributed by atoms with van der Waals surface area (Å²) in [4.78, 5) is 19.2. The lowest BCUT2D eigenvalue weighted by Crippen LogP contribution is -2.38. The Hall–Kier alpha value is -0.970. The number of hydrogen-bond donors (Lipinski definition) is 1. The maximum atomic E-state index is 10.8. The lowest BCUT2D eigenvalue weighted by Gasteiger charge is -2.38. The van der Waals surface area contributed by atoms with Gasteiger partial charge in [0.2, 0.25) is 0 Å². The van der Waals surface area contributed by atoms with E-state index in [4.69, 9.17) is 5.11 Å². The van der Waals surface area contributed by atoms with E-state index >= 15 is 0 Å². The number of aliphatic carboxylic acids is 1. The average Bonchev–Trinajstić information content (AvgIpc) is 2.13. The van der Waals surface area contributed by atoms with Gasteiger partial charge in [0.25, 0.3) is 0 Å². The Balaban J connectivity index is 2.26. The Bertz CT molecular complexity index is 374. The van der Waals surface area contributed by atoms with Crippen LogP contribution in [0, 0.1) is 0 Å². The molecule has 1 aliphatic rings. The smallest absolute Gasteiger partial charge is 0.304 e. The predicted octanol–water partition coefficient (Wildman–Crippen LogP) is 2.14. The van der Waals surface area contributed by atoms with Crippen molar-refractivity contribution in [1.29, 1.82) is 0 Å². The van der Waals surface area contributed by atoms with Crippen LogP contribution in [0.1, 0.15) is 31.5 Å². The van der Waals surface area contributed by atoms with E-state index < -0.39 is 5.97 Å². The molecule has 15 heavy (non-hydrogen) atoms. The lowest BCUT2D eigenvalue weighted by atomic mass is 9.66. The normalized spacial score (nSPS) is 18.2. The molecule has 0 aromatic carbocycles.